The van der Waals surface area contributed by atoms with Gasteiger partial charge in [-0.2, -0.15) is 0 Å². The molecule has 114 valence electrons. The minimum atomic E-state index is 0.228. The summed E-state index contributed by atoms with van der Waals surface area (Å²) in [4.78, 5) is 17.8. The van der Waals surface area contributed by atoms with Crippen LogP contribution in [0.15, 0.2) is 35.3 Å². The number of likely N-dealkylation sites (tertiary alicyclic amines) is 1. The molecule has 5 nitrogen and oxygen atoms in total. The molecule has 1 heterocycles. The van der Waals surface area contributed by atoms with Crippen molar-refractivity contribution in [1.82, 2.24) is 15.5 Å². The molecule has 0 aliphatic carbocycles. The maximum atomic E-state index is 11.7. The predicted molar refractivity (Wildman–Crippen MR) is 85.1 cm³/mol. The Balaban J connectivity index is 1.80. The summed E-state index contributed by atoms with van der Waals surface area (Å²) in [5.41, 5.74) is 1.22. The van der Waals surface area contributed by atoms with Crippen molar-refractivity contribution in [3.05, 3.63) is 35.9 Å². The standard InChI is InChI=1S/C16H24N4O/c1-3-15(21)20-10-9-14(12-20)19-16(17-2)18-11-13-7-5-4-6-8-13/h4-8,14H,3,9-12H2,1-2H3,(H2,17,18,19). The smallest absolute Gasteiger partial charge is 0.222 e. The van der Waals surface area contributed by atoms with E-state index in [1.165, 1.54) is 5.56 Å². The van der Waals surface area contributed by atoms with Gasteiger partial charge in [0.1, 0.15) is 0 Å². The third-order valence-corrected chi connectivity index (χ3v) is 3.71. The lowest BCUT2D eigenvalue weighted by Gasteiger charge is -2.18. The highest BCUT2D eigenvalue weighted by Gasteiger charge is 2.25. The van der Waals surface area contributed by atoms with Crippen LogP contribution in [0.5, 0.6) is 0 Å². The number of nitrogens with zero attached hydrogens (tertiary/aromatic N) is 2. The first kappa shape index (κ1) is 15.4. The summed E-state index contributed by atoms with van der Waals surface area (Å²) in [6.45, 7) is 4.24. The summed E-state index contributed by atoms with van der Waals surface area (Å²) in [5.74, 6) is 1.01. The highest BCUT2D eigenvalue weighted by molar-refractivity contribution is 5.80. The summed E-state index contributed by atoms with van der Waals surface area (Å²) < 4.78 is 0. The molecule has 5 heteroatoms. The van der Waals surface area contributed by atoms with Gasteiger partial charge in [0.25, 0.3) is 0 Å². The molecule has 1 aromatic rings. The number of guanidine groups is 1. The van der Waals surface area contributed by atoms with Crippen LogP contribution < -0.4 is 10.6 Å². The Morgan fingerprint density at radius 1 is 1.38 bits per heavy atom. The minimum absolute atomic E-state index is 0.228. The van der Waals surface area contributed by atoms with Crippen LogP contribution in [0, 0.1) is 0 Å². The number of carbonyl (C=O) groups is 1. The second-order valence-corrected chi connectivity index (χ2v) is 5.23. The van der Waals surface area contributed by atoms with Gasteiger partial charge >= 0.3 is 0 Å². The van der Waals surface area contributed by atoms with Gasteiger partial charge < -0.3 is 15.5 Å². The normalized spacial score (nSPS) is 18.7. The number of hydrogen-bond acceptors (Lipinski definition) is 2. The topological polar surface area (TPSA) is 56.7 Å². The van der Waals surface area contributed by atoms with Crippen LogP contribution >= 0.6 is 0 Å². The van der Waals surface area contributed by atoms with Gasteiger partial charge in [0.05, 0.1) is 0 Å². The fourth-order valence-electron chi connectivity index (χ4n) is 2.50. The van der Waals surface area contributed by atoms with Crippen molar-refractivity contribution in [3.8, 4) is 0 Å². The van der Waals surface area contributed by atoms with E-state index in [1.54, 1.807) is 7.05 Å². The second kappa shape index (κ2) is 7.67. The van der Waals surface area contributed by atoms with Gasteiger partial charge in [0.2, 0.25) is 5.91 Å². The number of carbonyl (C=O) groups excluding carboxylic acids is 1. The zero-order chi connectivity index (χ0) is 15.1. The van der Waals surface area contributed by atoms with Gasteiger partial charge in [-0.15, -0.1) is 0 Å². The number of rotatable bonds is 4. The Kier molecular flexibility index (Phi) is 5.60. The van der Waals surface area contributed by atoms with Gasteiger partial charge in [-0.25, -0.2) is 0 Å². The van der Waals surface area contributed by atoms with E-state index < -0.39 is 0 Å². The van der Waals surface area contributed by atoms with Crippen molar-refractivity contribution in [1.29, 1.82) is 0 Å². The van der Waals surface area contributed by atoms with Crippen LogP contribution in [-0.2, 0) is 11.3 Å². The zero-order valence-corrected chi connectivity index (χ0v) is 12.8. The SMILES string of the molecule is CCC(=O)N1CCC(NC(=NC)NCc2ccccc2)C1. The van der Waals surface area contributed by atoms with Crippen LogP contribution in [0.3, 0.4) is 0 Å². The van der Waals surface area contributed by atoms with Crippen LogP contribution in [0.4, 0.5) is 0 Å². The van der Waals surface area contributed by atoms with Gasteiger partial charge in [-0.1, -0.05) is 37.3 Å². The van der Waals surface area contributed by atoms with Gasteiger partial charge in [-0.05, 0) is 12.0 Å². The summed E-state index contributed by atoms with van der Waals surface area (Å²) in [5, 5.41) is 6.70. The molecule has 1 aliphatic rings. The van der Waals surface area contributed by atoms with E-state index in [1.807, 2.05) is 30.0 Å². The van der Waals surface area contributed by atoms with E-state index >= 15 is 0 Å². The highest BCUT2D eigenvalue weighted by atomic mass is 16.2. The van der Waals surface area contributed by atoms with E-state index in [0.29, 0.717) is 6.42 Å². The average Bonchev–Trinajstić information content (AvgIpc) is 3.00. The second-order valence-electron chi connectivity index (χ2n) is 5.23. The zero-order valence-electron chi connectivity index (χ0n) is 12.8. The fraction of sp³-hybridized carbons (Fsp3) is 0.500. The lowest BCUT2D eigenvalue weighted by molar-refractivity contribution is -0.129. The summed E-state index contributed by atoms with van der Waals surface area (Å²) in [6.07, 6.45) is 1.55. The van der Waals surface area contributed by atoms with Gasteiger partial charge in [-0.3, -0.25) is 9.79 Å². The van der Waals surface area contributed by atoms with E-state index in [9.17, 15) is 4.79 Å². The molecule has 21 heavy (non-hydrogen) atoms. The predicted octanol–water partition coefficient (Wildman–Crippen LogP) is 1.36. The van der Waals surface area contributed by atoms with E-state index in [0.717, 1.165) is 32.0 Å². The molecule has 1 unspecified atom stereocenters. The van der Waals surface area contributed by atoms with Crippen molar-refractivity contribution < 1.29 is 4.79 Å². The average molecular weight is 288 g/mol. The molecule has 1 amide bonds. The molecule has 1 atom stereocenters. The molecule has 0 spiro atoms. The number of aliphatic imine (C=N–C) groups is 1. The molecule has 1 saturated heterocycles. The third kappa shape index (κ3) is 4.48. The molecule has 1 aromatic carbocycles. The van der Waals surface area contributed by atoms with Crippen LogP contribution in [0.1, 0.15) is 25.3 Å². The van der Waals surface area contributed by atoms with Crippen molar-refractivity contribution in [2.75, 3.05) is 20.1 Å². The molecule has 0 saturated carbocycles. The first-order valence-corrected chi connectivity index (χ1v) is 7.51. The quantitative estimate of drug-likeness (QED) is 0.650. The van der Waals surface area contributed by atoms with E-state index in [-0.39, 0.29) is 11.9 Å². The Morgan fingerprint density at radius 3 is 2.81 bits per heavy atom. The summed E-state index contributed by atoms with van der Waals surface area (Å²) >= 11 is 0. The number of nitrogens with one attached hydrogen (secondary N) is 2. The Labute approximate surface area is 126 Å². The molecular formula is C16H24N4O. The van der Waals surface area contributed by atoms with Crippen molar-refractivity contribution in [2.24, 2.45) is 4.99 Å². The monoisotopic (exact) mass is 288 g/mol. The Morgan fingerprint density at radius 2 is 2.14 bits per heavy atom. The van der Waals surface area contributed by atoms with Gasteiger partial charge in [0, 0.05) is 39.1 Å². The van der Waals surface area contributed by atoms with Crippen molar-refractivity contribution >= 4 is 11.9 Å². The maximum absolute atomic E-state index is 11.7. The molecule has 0 aromatic heterocycles. The Hall–Kier alpha value is -2.04. The highest BCUT2D eigenvalue weighted by Crippen LogP contribution is 2.10. The van der Waals surface area contributed by atoms with E-state index in [2.05, 4.69) is 27.8 Å². The van der Waals surface area contributed by atoms with Crippen LogP contribution in [-0.4, -0.2) is 42.9 Å². The lowest BCUT2D eigenvalue weighted by atomic mass is 10.2. The molecule has 1 fully saturated rings. The largest absolute Gasteiger partial charge is 0.352 e. The lowest BCUT2D eigenvalue weighted by Crippen LogP contribution is -2.44. The molecule has 2 rings (SSSR count). The maximum Gasteiger partial charge on any atom is 0.222 e. The first-order valence-electron chi connectivity index (χ1n) is 7.51. The van der Waals surface area contributed by atoms with E-state index in [4.69, 9.17) is 0 Å². The molecular weight excluding hydrogens is 264 g/mol. The number of hydrogen-bond donors (Lipinski definition) is 2. The van der Waals surface area contributed by atoms with Crippen LogP contribution in [0.25, 0.3) is 0 Å². The first-order chi connectivity index (χ1) is 10.2. The molecule has 1 aliphatic heterocycles. The number of amides is 1. The Bertz CT molecular complexity index is 486. The van der Waals surface area contributed by atoms with Crippen LogP contribution in [0.2, 0.25) is 0 Å². The number of benzene rings is 1. The van der Waals surface area contributed by atoms with Gasteiger partial charge in [0.15, 0.2) is 5.96 Å². The fourth-order valence-corrected chi connectivity index (χ4v) is 2.50. The minimum Gasteiger partial charge on any atom is -0.352 e. The molecule has 0 radical (unpaired) electrons. The van der Waals surface area contributed by atoms with Crippen molar-refractivity contribution in [2.45, 2.75) is 32.4 Å². The molecule has 2 N–H and O–H groups in total. The summed E-state index contributed by atoms with van der Waals surface area (Å²) in [7, 11) is 1.77. The van der Waals surface area contributed by atoms with Crippen molar-refractivity contribution in [3.63, 3.8) is 0 Å². The summed E-state index contributed by atoms with van der Waals surface area (Å²) in [6, 6.07) is 10.5. The molecule has 0 bridgehead atoms. The third-order valence-electron chi connectivity index (χ3n) is 3.71.